The van der Waals surface area contributed by atoms with Crippen molar-refractivity contribution in [2.24, 2.45) is 101 Å². The smallest absolute Gasteiger partial charge is 0.0200 e. The Balaban J connectivity index is 0.910. The van der Waals surface area contributed by atoms with Gasteiger partial charge in [0.1, 0.15) is 0 Å². The van der Waals surface area contributed by atoms with Gasteiger partial charge >= 0.3 is 0 Å². The summed E-state index contributed by atoms with van der Waals surface area (Å²) < 4.78 is 0. The topological polar surface area (TPSA) is 0 Å². The fourth-order valence-corrected chi connectivity index (χ4v) is 19.9. The number of fused-ring (bicyclic) bond motifs is 2. The van der Waals surface area contributed by atoms with Crippen molar-refractivity contribution in [3.63, 3.8) is 0 Å². The second-order valence-corrected chi connectivity index (χ2v) is 24.7. The number of hydrogen-bond donors (Lipinski definition) is 0. The summed E-state index contributed by atoms with van der Waals surface area (Å²) in [4.78, 5) is 0. The maximum atomic E-state index is 3.03. The molecular formula is C58H96. The largest absolute Gasteiger partial charge is 0.0817 e. The van der Waals surface area contributed by atoms with Crippen molar-refractivity contribution in [3.8, 4) is 0 Å². The summed E-state index contributed by atoms with van der Waals surface area (Å²) in [6.45, 7) is 0. The van der Waals surface area contributed by atoms with Gasteiger partial charge in [-0.05, 0) is 190 Å². The summed E-state index contributed by atoms with van der Waals surface area (Å²) in [5.41, 5.74) is 2.03. The molecule has 0 aromatic heterocycles. The predicted octanol–water partition coefficient (Wildman–Crippen LogP) is 17.7. The molecule has 0 saturated heterocycles. The molecule has 0 heterocycles. The van der Waals surface area contributed by atoms with E-state index in [4.69, 9.17) is 0 Å². The number of rotatable bonds is 8. The van der Waals surface area contributed by atoms with Crippen LogP contribution < -0.4 is 0 Å². The van der Waals surface area contributed by atoms with E-state index >= 15 is 0 Å². The first kappa shape index (κ1) is 41.7. The zero-order chi connectivity index (χ0) is 38.7. The minimum atomic E-state index is 0.920. The van der Waals surface area contributed by atoms with Gasteiger partial charge in [0.2, 0.25) is 0 Å². The van der Waals surface area contributed by atoms with Crippen molar-refractivity contribution in [3.05, 3.63) is 11.6 Å². The first-order valence-corrected chi connectivity index (χ1v) is 28.5. The summed E-state index contributed by atoms with van der Waals surface area (Å²) in [7, 11) is 0. The second kappa shape index (κ2) is 20.1. The highest BCUT2D eigenvalue weighted by atomic mass is 14.6. The zero-order valence-corrected chi connectivity index (χ0v) is 38.5. The Hall–Kier alpha value is -0.260. The van der Waals surface area contributed by atoms with Crippen LogP contribution in [0.1, 0.15) is 250 Å². The Morgan fingerprint density at radius 1 is 0.241 bits per heavy atom. The first-order chi connectivity index (χ1) is 28.8. The van der Waals surface area contributed by atoms with E-state index in [1.165, 1.54) is 64.2 Å². The van der Waals surface area contributed by atoms with Crippen molar-refractivity contribution in [1.82, 2.24) is 0 Å². The van der Waals surface area contributed by atoms with Crippen LogP contribution in [0.3, 0.4) is 0 Å². The maximum Gasteiger partial charge on any atom is -0.0200 e. The molecule has 0 amide bonds. The molecule has 58 heavy (non-hydrogen) atoms. The summed E-state index contributed by atoms with van der Waals surface area (Å²) in [5, 5.41) is 0. The average molecular weight is 793 g/mol. The van der Waals surface area contributed by atoms with Crippen LogP contribution in [0.2, 0.25) is 0 Å². The third-order valence-electron chi connectivity index (χ3n) is 22.1. The lowest BCUT2D eigenvalue weighted by Gasteiger charge is -2.62. The molecule has 10 aliphatic rings. The Morgan fingerprint density at radius 2 is 0.552 bits per heavy atom. The van der Waals surface area contributed by atoms with E-state index in [0.717, 1.165) is 101 Å². The van der Waals surface area contributed by atoms with Crippen LogP contribution >= 0.6 is 0 Å². The molecule has 6 unspecified atom stereocenters. The van der Waals surface area contributed by atoms with Crippen molar-refractivity contribution in [2.75, 3.05) is 0 Å². The quantitative estimate of drug-likeness (QED) is 0.215. The van der Waals surface area contributed by atoms with Gasteiger partial charge in [-0.2, -0.15) is 0 Å². The molecule has 328 valence electrons. The van der Waals surface area contributed by atoms with Gasteiger partial charge in [0, 0.05) is 0 Å². The molecule has 10 fully saturated rings. The Morgan fingerprint density at radius 3 is 0.966 bits per heavy atom. The number of hydrogen-bond acceptors (Lipinski definition) is 0. The molecule has 0 spiro atoms. The van der Waals surface area contributed by atoms with E-state index < -0.39 is 0 Å². The molecule has 0 heteroatoms. The van der Waals surface area contributed by atoms with Crippen LogP contribution in [0, 0.1) is 101 Å². The van der Waals surface area contributed by atoms with Crippen LogP contribution in [0.25, 0.3) is 0 Å². The van der Waals surface area contributed by atoms with Gasteiger partial charge in [0.25, 0.3) is 0 Å². The lowest BCUT2D eigenvalue weighted by atomic mass is 9.43. The van der Waals surface area contributed by atoms with Crippen molar-refractivity contribution >= 4 is 0 Å². The molecule has 0 N–H and O–H groups in total. The number of allylic oxidation sites excluding steroid dienone is 2. The molecule has 10 rings (SSSR count). The molecule has 0 bridgehead atoms. The third-order valence-corrected chi connectivity index (χ3v) is 22.1. The van der Waals surface area contributed by atoms with E-state index in [9.17, 15) is 0 Å². The lowest BCUT2D eigenvalue weighted by molar-refractivity contribution is -0.133. The summed E-state index contributed by atoms with van der Waals surface area (Å²) in [5.74, 6) is 18.3. The summed E-state index contributed by atoms with van der Waals surface area (Å²) in [6, 6.07) is 0. The van der Waals surface area contributed by atoms with Crippen LogP contribution in [0.15, 0.2) is 11.6 Å². The van der Waals surface area contributed by atoms with Gasteiger partial charge in [0.15, 0.2) is 0 Å². The highest BCUT2D eigenvalue weighted by Crippen LogP contribution is 2.65. The van der Waals surface area contributed by atoms with E-state index in [-0.39, 0.29) is 0 Å². The van der Waals surface area contributed by atoms with Gasteiger partial charge in [-0.15, -0.1) is 0 Å². The standard InChI is InChI=1S/C58H96/c1-6-20-42(21-7-1)53(43-22-8-2-9-23-43)38-41-34-36-47(37-35-41)56-49-30-16-18-32-51(49)58(52-33-19-17-31-50(52)56)48-39-54(44-24-10-3-11-25-44)57(46-28-14-5-15-29-46)55(40-48)45-26-12-4-13-27-45/h38,41-52,54-58H,1-37,39-40H2. The summed E-state index contributed by atoms with van der Waals surface area (Å²) in [6.07, 6.45) is 64.5. The Kier molecular flexibility index (Phi) is 14.4. The van der Waals surface area contributed by atoms with E-state index in [1.54, 1.807) is 186 Å². The second-order valence-electron chi connectivity index (χ2n) is 24.7. The van der Waals surface area contributed by atoms with Gasteiger partial charge < -0.3 is 0 Å². The van der Waals surface area contributed by atoms with Gasteiger partial charge in [-0.25, -0.2) is 0 Å². The molecule has 0 aromatic carbocycles. The van der Waals surface area contributed by atoms with Crippen molar-refractivity contribution in [1.29, 1.82) is 0 Å². The highest BCUT2D eigenvalue weighted by molar-refractivity contribution is 5.15. The Bertz CT molecular complexity index is 1180. The van der Waals surface area contributed by atoms with E-state index in [1.807, 2.05) is 5.57 Å². The lowest BCUT2D eigenvalue weighted by Crippen LogP contribution is -2.55. The molecule has 6 atom stereocenters. The van der Waals surface area contributed by atoms with Gasteiger partial charge in [0.05, 0.1) is 0 Å². The first-order valence-electron chi connectivity index (χ1n) is 28.5. The SMILES string of the molecule is C(=C(C1CCCCC1)C1CCCCC1)C1CCC(C2C3CCCCC3C(C3CC(C4CCCCC4)C(C4CCCCC4)C(C4CCCCC4)C3)C3CCCCC32)CC1. The van der Waals surface area contributed by atoms with Crippen LogP contribution in [0.4, 0.5) is 0 Å². The van der Waals surface area contributed by atoms with Crippen LogP contribution in [-0.2, 0) is 0 Å². The molecule has 10 saturated carbocycles. The maximum absolute atomic E-state index is 3.03. The molecule has 0 aromatic rings. The average Bonchev–Trinajstić information content (AvgIpc) is 3.31. The normalized spacial score (nSPS) is 43.6. The van der Waals surface area contributed by atoms with E-state index in [2.05, 4.69) is 6.08 Å². The molecule has 0 aliphatic heterocycles. The monoisotopic (exact) mass is 793 g/mol. The molecule has 10 aliphatic carbocycles. The fourth-order valence-electron chi connectivity index (χ4n) is 19.9. The van der Waals surface area contributed by atoms with Crippen molar-refractivity contribution < 1.29 is 0 Å². The van der Waals surface area contributed by atoms with Crippen molar-refractivity contribution in [2.45, 2.75) is 250 Å². The fraction of sp³-hybridized carbons (Fsp3) is 0.966. The van der Waals surface area contributed by atoms with Gasteiger partial charge in [-0.3, -0.25) is 0 Å². The molecule has 0 radical (unpaired) electrons. The zero-order valence-electron chi connectivity index (χ0n) is 38.5. The van der Waals surface area contributed by atoms with Crippen LogP contribution in [0.5, 0.6) is 0 Å². The minimum absolute atomic E-state index is 0.920. The third kappa shape index (κ3) is 9.06. The summed E-state index contributed by atoms with van der Waals surface area (Å²) >= 11 is 0. The molecular weight excluding hydrogens is 697 g/mol. The highest BCUT2D eigenvalue weighted by Gasteiger charge is 2.57. The minimum Gasteiger partial charge on any atom is -0.0817 e. The predicted molar refractivity (Wildman–Crippen MR) is 247 cm³/mol. The molecule has 0 nitrogen and oxygen atoms in total. The van der Waals surface area contributed by atoms with E-state index in [0.29, 0.717) is 0 Å². The Labute approximate surface area is 361 Å². The van der Waals surface area contributed by atoms with Gasteiger partial charge in [-0.1, -0.05) is 172 Å². The van der Waals surface area contributed by atoms with Crippen LogP contribution in [-0.4, -0.2) is 0 Å².